The summed E-state index contributed by atoms with van der Waals surface area (Å²) in [5, 5.41) is 25.9. The SMILES string of the molecule is N#Cc1cnc2c(c1)N(CCN[C@H]1CC[C@H]3[C@H](C1)OC(=O)N3c1ccc3c(n1)NC(=O)CO3)C(O)C=C2. The average Bonchev–Trinajstić information content (AvgIpc) is 3.24. The van der Waals surface area contributed by atoms with Gasteiger partial charge in [-0.2, -0.15) is 5.26 Å². The number of amides is 2. The van der Waals surface area contributed by atoms with Crippen molar-refractivity contribution in [3.8, 4) is 11.8 Å². The number of anilines is 3. The zero-order chi connectivity index (χ0) is 25.5. The van der Waals surface area contributed by atoms with Gasteiger partial charge in [-0.1, -0.05) is 0 Å². The standard InChI is InChI=1S/C25H25N7O5/c26-11-14-9-18-16(28-12-14)2-6-23(34)31(18)8-7-27-15-1-3-17-20(10-15)37-25(35)32(17)21-5-4-19-24(29-21)30-22(33)13-36-19/h2,4-6,9,12,15,17,20,23,27,34H,1,3,7-8,10,13H2,(H,29,30,33)/t15-,17-,20-,23?/m0/s1. The number of nitrogens with one attached hydrogen (secondary N) is 2. The zero-order valence-electron chi connectivity index (χ0n) is 19.8. The van der Waals surface area contributed by atoms with Gasteiger partial charge in [0.15, 0.2) is 18.2 Å². The van der Waals surface area contributed by atoms with E-state index in [2.05, 4.69) is 26.7 Å². The van der Waals surface area contributed by atoms with Crippen LogP contribution in [-0.4, -0.2) is 71.2 Å². The van der Waals surface area contributed by atoms with Crippen LogP contribution < -0.4 is 25.2 Å². The lowest BCUT2D eigenvalue weighted by atomic mass is 9.88. The van der Waals surface area contributed by atoms with Crippen molar-refractivity contribution < 1.29 is 24.2 Å². The van der Waals surface area contributed by atoms with Crippen molar-refractivity contribution >= 4 is 35.4 Å². The Bertz CT molecular complexity index is 1320. The Morgan fingerprint density at radius 3 is 3.05 bits per heavy atom. The minimum Gasteiger partial charge on any atom is -0.480 e. The molecule has 3 N–H and O–H groups in total. The Hall–Kier alpha value is -4.21. The van der Waals surface area contributed by atoms with Gasteiger partial charge in [0.05, 0.1) is 23.0 Å². The first-order valence-electron chi connectivity index (χ1n) is 12.2. The van der Waals surface area contributed by atoms with E-state index in [1.165, 1.54) is 6.20 Å². The summed E-state index contributed by atoms with van der Waals surface area (Å²) in [5.41, 5.74) is 1.87. The van der Waals surface area contributed by atoms with Crippen LogP contribution in [0.15, 0.2) is 30.5 Å². The third-order valence-electron chi connectivity index (χ3n) is 7.11. The predicted molar refractivity (Wildman–Crippen MR) is 132 cm³/mol. The molecule has 190 valence electrons. The highest BCUT2D eigenvalue weighted by Gasteiger charge is 2.46. The number of aromatic nitrogens is 2. The molecule has 2 fully saturated rings. The molecule has 12 nitrogen and oxygen atoms in total. The lowest BCUT2D eigenvalue weighted by molar-refractivity contribution is -0.118. The monoisotopic (exact) mass is 503 g/mol. The molecule has 4 aliphatic rings. The molecule has 5 heterocycles. The van der Waals surface area contributed by atoms with Gasteiger partial charge in [0, 0.05) is 31.7 Å². The number of hydrogen-bond acceptors (Lipinski definition) is 10. The fourth-order valence-electron chi connectivity index (χ4n) is 5.34. The average molecular weight is 504 g/mol. The van der Waals surface area contributed by atoms with Gasteiger partial charge in [-0.05, 0) is 43.2 Å². The van der Waals surface area contributed by atoms with Crippen LogP contribution in [0, 0.1) is 11.3 Å². The molecule has 2 aromatic heterocycles. The summed E-state index contributed by atoms with van der Waals surface area (Å²) in [6, 6.07) is 7.22. The fraction of sp³-hybridized carbons (Fsp3) is 0.400. The minimum absolute atomic E-state index is 0.0589. The molecule has 1 aliphatic carbocycles. The van der Waals surface area contributed by atoms with Gasteiger partial charge in [0.1, 0.15) is 24.2 Å². The first kappa shape index (κ1) is 23.2. The van der Waals surface area contributed by atoms with E-state index >= 15 is 0 Å². The van der Waals surface area contributed by atoms with Gasteiger partial charge in [-0.25, -0.2) is 9.78 Å². The molecule has 0 radical (unpaired) electrons. The van der Waals surface area contributed by atoms with Crippen molar-refractivity contribution in [3.05, 3.63) is 41.7 Å². The summed E-state index contributed by atoms with van der Waals surface area (Å²) in [6.45, 7) is 1.04. The Kier molecular flexibility index (Phi) is 5.86. The van der Waals surface area contributed by atoms with Crippen molar-refractivity contribution in [3.63, 3.8) is 0 Å². The highest BCUT2D eigenvalue weighted by molar-refractivity contribution is 5.95. The van der Waals surface area contributed by atoms with E-state index in [9.17, 15) is 20.0 Å². The van der Waals surface area contributed by atoms with Gasteiger partial charge in [-0.15, -0.1) is 0 Å². The summed E-state index contributed by atoms with van der Waals surface area (Å²) in [7, 11) is 0. The number of rotatable bonds is 5. The maximum atomic E-state index is 12.8. The van der Waals surface area contributed by atoms with Crippen molar-refractivity contribution in [1.82, 2.24) is 15.3 Å². The van der Waals surface area contributed by atoms with Crippen molar-refractivity contribution in [2.75, 3.05) is 34.8 Å². The Labute approximate surface area is 212 Å². The molecule has 4 atom stereocenters. The van der Waals surface area contributed by atoms with Crippen LogP contribution in [-0.2, 0) is 9.53 Å². The molecule has 2 amide bonds. The number of aliphatic hydroxyl groups excluding tert-OH is 1. The number of fused-ring (bicyclic) bond motifs is 3. The fourth-order valence-corrected chi connectivity index (χ4v) is 5.34. The van der Waals surface area contributed by atoms with Crippen molar-refractivity contribution in [2.45, 2.75) is 43.7 Å². The number of carbonyl (C=O) groups excluding carboxylic acids is 2. The van der Waals surface area contributed by atoms with Gasteiger partial charge in [-0.3, -0.25) is 14.7 Å². The molecule has 1 unspecified atom stereocenters. The van der Waals surface area contributed by atoms with Crippen LogP contribution in [0.2, 0.25) is 0 Å². The predicted octanol–water partition coefficient (Wildman–Crippen LogP) is 1.37. The van der Waals surface area contributed by atoms with Crippen LogP contribution in [0.1, 0.15) is 30.5 Å². The third kappa shape index (κ3) is 4.32. The lowest BCUT2D eigenvalue weighted by Crippen LogP contribution is -2.48. The second-order valence-electron chi connectivity index (χ2n) is 9.38. The largest absolute Gasteiger partial charge is 0.480 e. The van der Waals surface area contributed by atoms with Crippen molar-refractivity contribution in [1.29, 1.82) is 5.26 Å². The summed E-state index contributed by atoms with van der Waals surface area (Å²) in [4.78, 5) is 36.5. The van der Waals surface area contributed by atoms with Gasteiger partial charge < -0.3 is 30.1 Å². The van der Waals surface area contributed by atoms with Gasteiger partial charge >= 0.3 is 6.09 Å². The molecule has 3 aliphatic heterocycles. The Morgan fingerprint density at radius 1 is 1.30 bits per heavy atom. The lowest BCUT2D eigenvalue weighted by Gasteiger charge is -2.35. The Morgan fingerprint density at radius 2 is 2.19 bits per heavy atom. The number of pyridine rings is 2. The highest BCUT2D eigenvalue weighted by Crippen LogP contribution is 2.37. The molecule has 0 spiro atoms. The van der Waals surface area contributed by atoms with Crippen molar-refractivity contribution in [2.24, 2.45) is 0 Å². The van der Waals surface area contributed by atoms with E-state index in [4.69, 9.17) is 9.47 Å². The summed E-state index contributed by atoms with van der Waals surface area (Å²) < 4.78 is 11.1. The Balaban J connectivity index is 1.08. The number of carbonyl (C=O) groups is 2. The highest BCUT2D eigenvalue weighted by atomic mass is 16.6. The molecule has 1 saturated carbocycles. The van der Waals surface area contributed by atoms with E-state index in [0.717, 1.165) is 18.5 Å². The molecule has 1 saturated heterocycles. The van der Waals surface area contributed by atoms with E-state index in [1.54, 1.807) is 35.3 Å². The summed E-state index contributed by atoms with van der Waals surface area (Å²) in [6.07, 6.45) is 5.62. The van der Waals surface area contributed by atoms with Crippen LogP contribution >= 0.6 is 0 Å². The second kappa shape index (κ2) is 9.34. The van der Waals surface area contributed by atoms with E-state index in [1.807, 2.05) is 4.90 Å². The normalized spacial score (nSPS) is 25.8. The maximum absolute atomic E-state index is 12.8. The van der Waals surface area contributed by atoms with Crippen LogP contribution in [0.3, 0.4) is 0 Å². The molecule has 37 heavy (non-hydrogen) atoms. The van der Waals surface area contributed by atoms with E-state index in [0.29, 0.717) is 48.2 Å². The zero-order valence-corrected chi connectivity index (χ0v) is 19.8. The number of ether oxygens (including phenoxy) is 2. The summed E-state index contributed by atoms with van der Waals surface area (Å²) >= 11 is 0. The van der Waals surface area contributed by atoms with Gasteiger partial charge in [0.2, 0.25) is 0 Å². The molecule has 2 aromatic rings. The molecular weight excluding hydrogens is 478 g/mol. The minimum atomic E-state index is -0.801. The second-order valence-corrected chi connectivity index (χ2v) is 9.38. The summed E-state index contributed by atoms with van der Waals surface area (Å²) in [5.74, 6) is 0.902. The molecular formula is C25H25N7O5. The van der Waals surface area contributed by atoms with Crippen LogP contribution in [0.5, 0.6) is 5.75 Å². The molecule has 6 rings (SSSR count). The van der Waals surface area contributed by atoms with Crippen LogP contribution in [0.4, 0.5) is 22.1 Å². The number of hydrogen-bond donors (Lipinski definition) is 3. The quantitative estimate of drug-likeness (QED) is 0.545. The van der Waals surface area contributed by atoms with E-state index in [-0.39, 0.29) is 30.7 Å². The van der Waals surface area contributed by atoms with E-state index < -0.39 is 12.3 Å². The van der Waals surface area contributed by atoms with Gasteiger partial charge in [0.25, 0.3) is 5.91 Å². The molecule has 0 aromatic carbocycles. The number of aliphatic hydroxyl groups is 1. The molecule has 0 bridgehead atoms. The number of nitrogens with zero attached hydrogens (tertiary/aromatic N) is 5. The topological polar surface area (TPSA) is 153 Å². The maximum Gasteiger partial charge on any atom is 0.416 e. The number of nitriles is 1. The molecule has 12 heteroatoms. The van der Waals surface area contributed by atoms with Crippen LogP contribution in [0.25, 0.3) is 6.08 Å². The third-order valence-corrected chi connectivity index (χ3v) is 7.11. The first-order valence-corrected chi connectivity index (χ1v) is 12.2. The smallest absolute Gasteiger partial charge is 0.416 e. The first-order chi connectivity index (χ1) is 18.0.